The summed E-state index contributed by atoms with van der Waals surface area (Å²) in [5.74, 6) is 0.721. The number of hydrogen-bond acceptors (Lipinski definition) is 6. The molecule has 7 nitrogen and oxygen atoms in total. The van der Waals surface area contributed by atoms with Crippen molar-refractivity contribution in [2.45, 2.75) is 68.5 Å². The van der Waals surface area contributed by atoms with Crippen LogP contribution in [0.3, 0.4) is 0 Å². The predicted molar refractivity (Wildman–Crippen MR) is 166 cm³/mol. The van der Waals surface area contributed by atoms with E-state index in [2.05, 4.69) is 17.2 Å². The van der Waals surface area contributed by atoms with Crippen molar-refractivity contribution in [2.24, 2.45) is 4.99 Å². The average molecular weight is 596 g/mol. The number of benzene rings is 2. The number of nitrogens with one attached hydrogen (secondary N) is 1. The van der Waals surface area contributed by atoms with Gasteiger partial charge >= 0.3 is 6.18 Å². The molecule has 1 heterocycles. The van der Waals surface area contributed by atoms with E-state index in [1.807, 2.05) is 70.1 Å². The van der Waals surface area contributed by atoms with Crippen LogP contribution in [-0.2, 0) is 4.79 Å². The van der Waals surface area contributed by atoms with Gasteiger partial charge < -0.3 is 20.1 Å². The van der Waals surface area contributed by atoms with Crippen LogP contribution in [0.15, 0.2) is 53.7 Å². The fourth-order valence-corrected chi connectivity index (χ4v) is 3.24. The lowest BCUT2D eigenvalue weighted by Gasteiger charge is -2.21. The number of rotatable bonds is 8. The summed E-state index contributed by atoms with van der Waals surface area (Å²) in [6.45, 7) is 13.4. The summed E-state index contributed by atoms with van der Waals surface area (Å²) < 4.78 is 36.5. The Morgan fingerprint density at radius 2 is 1.67 bits per heavy atom. The van der Waals surface area contributed by atoms with Gasteiger partial charge in [-0.15, -0.1) is 0 Å². The van der Waals surface area contributed by atoms with Crippen molar-refractivity contribution in [3.8, 4) is 5.75 Å². The van der Waals surface area contributed by atoms with Crippen LogP contribution in [-0.4, -0.2) is 66.9 Å². The number of Topliss-reactive ketones (excluding diaryl/α,β-unsaturated/α-hetero) is 1. The molecule has 0 aliphatic carbocycles. The van der Waals surface area contributed by atoms with Crippen molar-refractivity contribution in [3.63, 3.8) is 0 Å². The molecule has 42 heavy (non-hydrogen) atoms. The standard InChI is InChI=1S/C14H16N2O.C13H19NO3.C2H3F3.C2H6.CH4/c1-10-4-6-12(7-5-10)14-9-16(3)8-13(15-14)11(2)17;1-3-17-12-6-5-11(9-10(12)2)13(16)14-7-4-8-15;1-2(3,4)5;1-2;/h4-7,9H,8H2,1-3H3;5-6,9,15H,3-4,7-8H2,1-2H3,(H,14,16);1H3;1-2H3;1H4. The first kappa shape index (κ1) is 40.5. The number of nitrogens with zero attached hydrogens (tertiary/aromatic N) is 2. The molecule has 1 amide bonds. The average Bonchev–Trinajstić information content (AvgIpc) is 2.90. The number of aliphatic hydroxyl groups excluding tert-OH is 1. The van der Waals surface area contributed by atoms with Crippen molar-refractivity contribution in [2.75, 3.05) is 33.4 Å². The van der Waals surface area contributed by atoms with E-state index in [-0.39, 0.29) is 32.6 Å². The van der Waals surface area contributed by atoms with Gasteiger partial charge in [-0.05, 0) is 51.0 Å². The summed E-state index contributed by atoms with van der Waals surface area (Å²) in [5.41, 5.74) is 5.29. The lowest BCUT2D eigenvalue weighted by atomic mass is 10.1. The SMILES string of the molecule is C.CC.CC(=O)C1=NC(c2ccc(C)cc2)=CN(C)C1.CC(F)(F)F.CCOc1ccc(C(=O)NCCCO)cc1C. The van der Waals surface area contributed by atoms with Crippen LogP contribution in [0.25, 0.3) is 5.70 Å². The van der Waals surface area contributed by atoms with E-state index < -0.39 is 6.18 Å². The zero-order valence-corrected chi connectivity index (χ0v) is 25.4. The molecule has 236 valence electrons. The third kappa shape index (κ3) is 17.2. The highest BCUT2D eigenvalue weighted by atomic mass is 19.4. The van der Waals surface area contributed by atoms with Crippen LogP contribution in [0.5, 0.6) is 5.75 Å². The number of aliphatic imine (C=N–C) groups is 1. The summed E-state index contributed by atoms with van der Waals surface area (Å²) in [5, 5.41) is 11.4. The molecule has 0 bridgehead atoms. The fraction of sp³-hybridized carbons (Fsp3) is 0.469. The molecule has 2 aromatic rings. The third-order valence-corrected chi connectivity index (χ3v) is 5.11. The molecule has 0 saturated carbocycles. The number of carbonyl (C=O) groups is 2. The molecular weight excluding hydrogens is 547 g/mol. The highest BCUT2D eigenvalue weighted by Gasteiger charge is 2.16. The van der Waals surface area contributed by atoms with E-state index in [1.54, 1.807) is 25.1 Å². The maximum atomic E-state index is 11.7. The van der Waals surface area contributed by atoms with Crippen LogP contribution in [0.2, 0.25) is 0 Å². The zero-order valence-electron chi connectivity index (χ0n) is 25.4. The smallest absolute Gasteiger partial charge is 0.386 e. The molecule has 3 rings (SSSR count). The Bertz CT molecular complexity index is 1140. The highest BCUT2D eigenvalue weighted by molar-refractivity contribution is 6.40. The van der Waals surface area contributed by atoms with Gasteiger partial charge in [-0.25, -0.2) is 4.99 Å². The van der Waals surface area contributed by atoms with Gasteiger partial charge in [0.25, 0.3) is 5.91 Å². The number of halogens is 3. The molecule has 0 fully saturated rings. The van der Waals surface area contributed by atoms with Crippen LogP contribution in [0, 0.1) is 13.8 Å². The van der Waals surface area contributed by atoms with Crippen LogP contribution in [0.1, 0.15) is 75.5 Å². The molecule has 0 spiro atoms. The van der Waals surface area contributed by atoms with Crippen molar-refractivity contribution in [1.82, 2.24) is 10.2 Å². The van der Waals surface area contributed by atoms with Crippen molar-refractivity contribution in [3.05, 3.63) is 70.9 Å². The Labute approximate surface area is 249 Å². The molecule has 0 saturated heterocycles. The zero-order chi connectivity index (χ0) is 31.6. The first-order valence-corrected chi connectivity index (χ1v) is 13.5. The molecule has 0 atom stereocenters. The van der Waals surface area contributed by atoms with Gasteiger partial charge in [0, 0.05) is 51.4 Å². The Balaban J connectivity index is 0. The van der Waals surface area contributed by atoms with Crippen molar-refractivity contribution >= 4 is 23.1 Å². The Morgan fingerprint density at radius 1 is 1.10 bits per heavy atom. The monoisotopic (exact) mass is 595 g/mol. The number of aliphatic hydroxyl groups is 1. The Kier molecular flexibility index (Phi) is 20.3. The van der Waals surface area contributed by atoms with E-state index in [1.165, 1.54) is 5.56 Å². The van der Waals surface area contributed by atoms with Gasteiger partial charge in [0.15, 0.2) is 5.78 Å². The largest absolute Gasteiger partial charge is 0.494 e. The lowest BCUT2D eigenvalue weighted by molar-refractivity contribution is -0.111. The van der Waals surface area contributed by atoms with Gasteiger partial charge in [-0.2, -0.15) is 13.2 Å². The second kappa shape index (κ2) is 21.1. The molecule has 2 N–H and O–H groups in total. The van der Waals surface area contributed by atoms with Crippen LogP contribution < -0.4 is 10.1 Å². The van der Waals surface area contributed by atoms with Crippen molar-refractivity contribution in [1.29, 1.82) is 0 Å². The van der Waals surface area contributed by atoms with Gasteiger partial charge in [0.05, 0.1) is 18.8 Å². The number of ether oxygens (including phenoxy) is 1. The second-order valence-electron chi connectivity index (χ2n) is 8.94. The number of aryl methyl sites for hydroxylation is 2. The maximum Gasteiger partial charge on any atom is 0.386 e. The summed E-state index contributed by atoms with van der Waals surface area (Å²) in [7, 11) is 1.95. The summed E-state index contributed by atoms with van der Waals surface area (Å²) >= 11 is 0. The molecular formula is C32H48F3N3O4. The lowest BCUT2D eigenvalue weighted by Crippen LogP contribution is -2.29. The number of amides is 1. The Morgan fingerprint density at radius 3 is 2.14 bits per heavy atom. The summed E-state index contributed by atoms with van der Waals surface area (Å²) in [6.07, 6.45) is -1.46. The van der Waals surface area contributed by atoms with Gasteiger partial charge in [-0.1, -0.05) is 51.1 Å². The van der Waals surface area contributed by atoms with E-state index in [0.29, 0.717) is 37.4 Å². The maximum absolute atomic E-state index is 11.7. The molecule has 1 aliphatic rings. The number of carbonyl (C=O) groups excluding carboxylic acids is 2. The Hall–Kier alpha value is -3.66. The molecule has 0 radical (unpaired) electrons. The first-order valence-electron chi connectivity index (χ1n) is 13.5. The topological polar surface area (TPSA) is 91.2 Å². The predicted octanol–water partition coefficient (Wildman–Crippen LogP) is 7.01. The molecule has 1 aliphatic heterocycles. The normalized spacial score (nSPS) is 11.9. The minimum Gasteiger partial charge on any atom is -0.494 e. The second-order valence-corrected chi connectivity index (χ2v) is 8.94. The van der Waals surface area contributed by atoms with E-state index in [9.17, 15) is 22.8 Å². The molecule has 0 aromatic heterocycles. The fourth-order valence-electron chi connectivity index (χ4n) is 3.24. The summed E-state index contributed by atoms with van der Waals surface area (Å²) in [4.78, 5) is 29.5. The minimum atomic E-state index is -4.00. The molecule has 10 heteroatoms. The number of alkyl halides is 3. The third-order valence-electron chi connectivity index (χ3n) is 5.11. The van der Waals surface area contributed by atoms with Gasteiger partial charge in [0.2, 0.25) is 0 Å². The first-order chi connectivity index (χ1) is 19.2. The van der Waals surface area contributed by atoms with Crippen LogP contribution in [0.4, 0.5) is 13.2 Å². The summed E-state index contributed by atoms with van der Waals surface area (Å²) in [6, 6.07) is 13.5. The molecule has 0 unspecified atom stereocenters. The van der Waals surface area contributed by atoms with Gasteiger partial charge in [0.1, 0.15) is 11.5 Å². The number of ketones is 1. The van der Waals surface area contributed by atoms with E-state index >= 15 is 0 Å². The van der Waals surface area contributed by atoms with Crippen molar-refractivity contribution < 1.29 is 32.6 Å². The minimum absolute atomic E-state index is 0. The molecule has 2 aromatic carbocycles. The van der Waals surface area contributed by atoms with E-state index in [0.717, 1.165) is 22.6 Å². The van der Waals surface area contributed by atoms with Gasteiger partial charge in [-0.3, -0.25) is 9.59 Å². The highest BCUT2D eigenvalue weighted by Crippen LogP contribution is 2.21. The number of hydrogen-bond donors (Lipinski definition) is 2. The van der Waals surface area contributed by atoms with Crippen LogP contribution >= 0.6 is 0 Å². The quantitative estimate of drug-likeness (QED) is 0.321. The van der Waals surface area contributed by atoms with E-state index in [4.69, 9.17) is 9.84 Å².